The first-order chi connectivity index (χ1) is 16.0. The third kappa shape index (κ3) is 6.77. The fourth-order valence-corrected chi connectivity index (χ4v) is 4.54. The molecule has 6 rings (SSSR count). The monoisotopic (exact) mass is 474 g/mol. The van der Waals surface area contributed by atoms with E-state index in [4.69, 9.17) is 23.8 Å². The Morgan fingerprint density at radius 1 is 0.857 bits per heavy atom. The van der Waals surface area contributed by atoms with Gasteiger partial charge < -0.3 is 19.7 Å². The summed E-state index contributed by atoms with van der Waals surface area (Å²) in [6.07, 6.45) is 9.32. The van der Waals surface area contributed by atoms with E-state index < -0.39 is 0 Å². The quantitative estimate of drug-likeness (QED) is 0.488. The average molecular weight is 474 g/mol. The molecule has 2 saturated carbocycles. The van der Waals surface area contributed by atoms with Gasteiger partial charge in [0, 0.05) is 0 Å². The van der Waals surface area contributed by atoms with Gasteiger partial charge in [-0.2, -0.15) is 9.59 Å². The van der Waals surface area contributed by atoms with Gasteiger partial charge in [0.2, 0.25) is 0 Å². The van der Waals surface area contributed by atoms with Crippen LogP contribution < -0.4 is 28.3 Å². The van der Waals surface area contributed by atoms with Crippen LogP contribution in [0.25, 0.3) is 0 Å². The summed E-state index contributed by atoms with van der Waals surface area (Å²) in [5.74, 6) is 2.10. The van der Waals surface area contributed by atoms with E-state index in [1.165, 1.54) is 42.4 Å². The Morgan fingerprint density at radius 2 is 1.34 bits per heavy atom. The summed E-state index contributed by atoms with van der Waals surface area (Å²) < 4.78 is 16.4. The molecule has 0 saturated heterocycles. The fraction of sp³-hybridized carbons (Fsp3) is 0.481. The third-order valence-electron chi connectivity index (χ3n) is 7.02. The maximum absolute atomic E-state index is 10.5. The van der Waals surface area contributed by atoms with Gasteiger partial charge in [0.15, 0.2) is 0 Å². The van der Waals surface area contributed by atoms with Crippen molar-refractivity contribution in [2.24, 2.45) is 0 Å². The van der Waals surface area contributed by atoms with Crippen LogP contribution in [0.5, 0.6) is 11.5 Å². The van der Waals surface area contributed by atoms with Gasteiger partial charge in [0.1, 0.15) is 17.1 Å². The van der Waals surface area contributed by atoms with Crippen LogP contribution in [0.2, 0.25) is 0 Å². The Kier molecular flexibility index (Phi) is 10.2. The Balaban J connectivity index is 0.000000213. The first kappa shape index (κ1) is 28.7. The van der Waals surface area contributed by atoms with Gasteiger partial charge in [-0.25, -0.2) is 0 Å². The molecule has 2 fully saturated rings. The molecule has 0 aromatic heterocycles. The second-order valence-electron chi connectivity index (χ2n) is 9.40. The van der Waals surface area contributed by atoms with Crippen molar-refractivity contribution in [2.75, 3.05) is 13.2 Å². The normalized spacial score (nSPS) is 18.5. The molecule has 2 aliphatic heterocycles. The summed E-state index contributed by atoms with van der Waals surface area (Å²) >= 11 is 0. The molecule has 0 atom stereocenters. The topological polar surface area (TPSA) is 109 Å². The molecule has 0 amide bonds. The number of hydrogen-bond donors (Lipinski definition) is 0. The van der Waals surface area contributed by atoms with Crippen molar-refractivity contribution < 1.29 is 52.9 Å². The van der Waals surface area contributed by atoms with Gasteiger partial charge in [-0.3, -0.25) is 4.79 Å². The molecule has 0 spiro atoms. The molecular weight excluding hydrogens is 443 g/mol. The summed E-state index contributed by atoms with van der Waals surface area (Å²) in [4.78, 5) is 26.7. The maximum Gasteiger partial charge on any atom is 1.00 e. The van der Waals surface area contributed by atoms with Crippen LogP contribution in [0.15, 0.2) is 36.4 Å². The number of carbonyl (C=O) groups is 1. The van der Waals surface area contributed by atoms with E-state index >= 15 is 0 Å². The van der Waals surface area contributed by atoms with Crippen molar-refractivity contribution >= 4 is 12.6 Å². The van der Waals surface area contributed by atoms with Crippen molar-refractivity contribution in [3.05, 3.63) is 58.7 Å². The maximum atomic E-state index is 10.5. The number of hydrogen-bond acceptors (Lipinski definition) is 7. The number of ether oxygens (including phenoxy) is 3. The molecule has 4 aliphatic rings. The molecule has 2 aromatic rings. The first-order valence-electron chi connectivity index (χ1n) is 11.7. The summed E-state index contributed by atoms with van der Waals surface area (Å²) in [6, 6.07) is 12.9. The van der Waals surface area contributed by atoms with Gasteiger partial charge in [-0.1, -0.05) is 25.1 Å². The van der Waals surface area contributed by atoms with Crippen LogP contribution in [0.1, 0.15) is 67.7 Å². The summed E-state index contributed by atoms with van der Waals surface area (Å²) in [7, 11) is 0. The van der Waals surface area contributed by atoms with Gasteiger partial charge >= 0.3 is 25.0 Å². The van der Waals surface area contributed by atoms with Crippen molar-refractivity contribution in [3.63, 3.8) is 0 Å². The van der Waals surface area contributed by atoms with Crippen LogP contribution in [-0.2, 0) is 43.0 Å². The predicted octanol–water partition coefficient (Wildman–Crippen LogP) is 1.48. The molecule has 2 aliphatic carbocycles. The van der Waals surface area contributed by atoms with Crippen molar-refractivity contribution in [2.45, 2.75) is 69.3 Å². The third-order valence-corrected chi connectivity index (χ3v) is 7.02. The number of aryl methyl sites for hydroxylation is 2. The van der Waals surface area contributed by atoms with E-state index in [9.17, 15) is 4.79 Å². The van der Waals surface area contributed by atoms with Crippen LogP contribution in [-0.4, -0.2) is 31.3 Å². The zero-order valence-electron chi connectivity index (χ0n) is 20.5. The molecule has 0 bridgehead atoms. The number of fused-ring (bicyclic) bond motifs is 2. The molecule has 35 heavy (non-hydrogen) atoms. The SMILES string of the molecule is CC1(c2ccc3c(c2)CCCO3)CC1.O=C=O.O=COC1(c2ccc3c(c2)CCCO3)CC1.[Li+].[OH-]. The molecule has 182 valence electrons. The number of rotatable bonds is 4. The Labute approximate surface area is 218 Å². The van der Waals surface area contributed by atoms with E-state index in [1.54, 1.807) is 0 Å². The molecule has 0 radical (unpaired) electrons. The average Bonchev–Trinajstić information content (AvgIpc) is 3.78. The summed E-state index contributed by atoms with van der Waals surface area (Å²) in [5, 5.41) is 0. The smallest absolute Gasteiger partial charge is 0.870 e. The number of carbonyl (C=O) groups excluding carboxylic acids is 3. The minimum atomic E-state index is -0.325. The molecule has 0 unspecified atom stereocenters. The molecule has 1 N–H and O–H groups in total. The second-order valence-corrected chi connectivity index (χ2v) is 9.40. The Morgan fingerprint density at radius 3 is 1.80 bits per heavy atom. The minimum absolute atomic E-state index is 0. The molecular formula is C27H31LiO7. The van der Waals surface area contributed by atoms with Crippen LogP contribution in [0.4, 0.5) is 0 Å². The number of benzene rings is 2. The molecule has 2 aromatic carbocycles. The standard InChI is InChI=1S/C13H14O3.C13H16O.CO2.Li.H2O/c14-9-16-13(5-6-13)11-3-4-12-10(8-11)2-1-7-15-12;1-13(6-7-13)11-4-5-12-10(9-11)3-2-8-14-12;2-1-3;;/h3-4,8-9H,1-2,5-7H2;4-5,9H,2-3,6-8H2,1H3;;;1H2/q;;;+1;/p-1. The van der Waals surface area contributed by atoms with Gasteiger partial charge in [-0.15, -0.1) is 0 Å². The van der Waals surface area contributed by atoms with E-state index in [0.29, 0.717) is 11.9 Å². The van der Waals surface area contributed by atoms with Crippen LogP contribution in [0.3, 0.4) is 0 Å². The Bertz CT molecular complexity index is 1040. The van der Waals surface area contributed by atoms with Crippen molar-refractivity contribution in [3.8, 4) is 11.5 Å². The second kappa shape index (κ2) is 12.4. The van der Waals surface area contributed by atoms with Gasteiger partial charge in [-0.05, 0) is 97.2 Å². The van der Waals surface area contributed by atoms with E-state index in [2.05, 4.69) is 31.2 Å². The largest absolute Gasteiger partial charge is 1.00 e. The molecule has 8 heteroatoms. The zero-order chi connectivity index (χ0) is 23.3. The minimum Gasteiger partial charge on any atom is -0.870 e. The molecule has 7 nitrogen and oxygen atoms in total. The first-order valence-corrected chi connectivity index (χ1v) is 11.7. The Hall–Kier alpha value is -2.55. The molecule has 2 heterocycles. The summed E-state index contributed by atoms with van der Waals surface area (Å²) in [6.45, 7) is 4.62. The van der Waals surface area contributed by atoms with Crippen LogP contribution in [0, 0.1) is 0 Å². The van der Waals surface area contributed by atoms with E-state index in [1.807, 2.05) is 12.1 Å². The van der Waals surface area contributed by atoms with Crippen molar-refractivity contribution in [1.29, 1.82) is 0 Å². The predicted molar refractivity (Wildman–Crippen MR) is 122 cm³/mol. The van der Waals surface area contributed by atoms with Gasteiger partial charge in [0.05, 0.1) is 13.2 Å². The van der Waals surface area contributed by atoms with E-state index in [0.717, 1.165) is 56.0 Å². The summed E-state index contributed by atoms with van der Waals surface area (Å²) in [5.41, 5.74) is 5.46. The van der Waals surface area contributed by atoms with Crippen molar-refractivity contribution in [1.82, 2.24) is 0 Å². The van der Waals surface area contributed by atoms with Crippen LogP contribution >= 0.6 is 0 Å². The van der Waals surface area contributed by atoms with E-state index in [-0.39, 0.29) is 36.1 Å². The van der Waals surface area contributed by atoms with Gasteiger partial charge in [0.25, 0.3) is 6.47 Å². The zero-order valence-corrected chi connectivity index (χ0v) is 20.5. The fourth-order valence-electron chi connectivity index (χ4n) is 4.54.